The molecule has 2 atom stereocenters. The van der Waals surface area contributed by atoms with E-state index in [-0.39, 0.29) is 6.10 Å². The van der Waals surface area contributed by atoms with Gasteiger partial charge in [-0.25, -0.2) is 0 Å². The molecule has 1 aromatic rings. The first-order valence-corrected chi connectivity index (χ1v) is 5.63. The van der Waals surface area contributed by atoms with Crippen LogP contribution in [0.1, 0.15) is 36.1 Å². The van der Waals surface area contributed by atoms with Gasteiger partial charge < -0.3 is 10.1 Å². The van der Waals surface area contributed by atoms with Crippen LogP contribution >= 0.6 is 0 Å². The molecule has 0 saturated heterocycles. The number of hydrogen-bond donors (Lipinski definition) is 1. The summed E-state index contributed by atoms with van der Waals surface area (Å²) < 4.78 is 6.01. The second kappa shape index (κ2) is 3.86. The molecular weight excluding hydrogens is 186 g/mol. The van der Waals surface area contributed by atoms with Crippen LogP contribution in [0.5, 0.6) is 5.75 Å². The summed E-state index contributed by atoms with van der Waals surface area (Å²) in [5.41, 5.74) is 3.90. The summed E-state index contributed by atoms with van der Waals surface area (Å²) in [4.78, 5) is 0. The van der Waals surface area contributed by atoms with Gasteiger partial charge in [0.15, 0.2) is 0 Å². The van der Waals surface area contributed by atoms with Crippen LogP contribution in [0.15, 0.2) is 12.1 Å². The molecule has 2 unspecified atom stereocenters. The normalized spacial score (nSPS) is 23.7. The third kappa shape index (κ3) is 1.53. The number of likely N-dealkylation sites (N-methyl/N-ethyl adjacent to an activating group) is 1. The summed E-state index contributed by atoms with van der Waals surface area (Å²) in [5.74, 6) is 1.10. The Labute approximate surface area is 91.6 Å². The second-order valence-corrected chi connectivity index (χ2v) is 4.26. The Hall–Kier alpha value is -1.02. The molecule has 2 heteroatoms. The lowest BCUT2D eigenvalue weighted by atomic mass is 9.98. The van der Waals surface area contributed by atoms with Crippen molar-refractivity contribution in [1.29, 1.82) is 0 Å². The molecule has 0 fully saturated rings. The summed E-state index contributed by atoms with van der Waals surface area (Å²) in [7, 11) is 2.00. The number of nitrogens with one attached hydrogen (secondary N) is 1. The van der Waals surface area contributed by atoms with Gasteiger partial charge in [0.2, 0.25) is 0 Å². The lowest BCUT2D eigenvalue weighted by Gasteiger charge is -2.16. The van der Waals surface area contributed by atoms with Crippen LogP contribution in [-0.2, 0) is 0 Å². The number of ether oxygens (including phenoxy) is 1. The SMILES string of the molecule is CCC1Oc2c(ccc(C)c2C)C1NC. The zero-order chi connectivity index (χ0) is 11.0. The highest BCUT2D eigenvalue weighted by molar-refractivity contribution is 5.49. The molecule has 1 N–H and O–H groups in total. The Morgan fingerprint density at radius 2 is 2.07 bits per heavy atom. The lowest BCUT2D eigenvalue weighted by molar-refractivity contribution is 0.188. The molecule has 2 rings (SSSR count). The zero-order valence-corrected chi connectivity index (χ0v) is 9.92. The van der Waals surface area contributed by atoms with E-state index < -0.39 is 0 Å². The highest BCUT2D eigenvalue weighted by Gasteiger charge is 2.33. The highest BCUT2D eigenvalue weighted by atomic mass is 16.5. The van der Waals surface area contributed by atoms with Gasteiger partial charge in [-0.2, -0.15) is 0 Å². The van der Waals surface area contributed by atoms with Crippen molar-refractivity contribution in [3.63, 3.8) is 0 Å². The summed E-state index contributed by atoms with van der Waals surface area (Å²) in [6, 6.07) is 4.72. The van der Waals surface area contributed by atoms with Gasteiger partial charge >= 0.3 is 0 Å². The Kier molecular flexibility index (Phi) is 2.70. The Balaban J connectivity index is 2.47. The Bertz CT molecular complexity index is 373. The first kappa shape index (κ1) is 10.5. The van der Waals surface area contributed by atoms with Crippen LogP contribution in [0.25, 0.3) is 0 Å². The molecule has 0 bridgehead atoms. The van der Waals surface area contributed by atoms with Crippen LogP contribution in [0, 0.1) is 13.8 Å². The molecule has 0 aliphatic carbocycles. The second-order valence-electron chi connectivity index (χ2n) is 4.26. The van der Waals surface area contributed by atoms with E-state index in [1.54, 1.807) is 0 Å². The molecule has 0 saturated carbocycles. The largest absolute Gasteiger partial charge is 0.488 e. The minimum atomic E-state index is 0.283. The molecule has 1 aromatic carbocycles. The molecule has 15 heavy (non-hydrogen) atoms. The van der Waals surface area contributed by atoms with E-state index in [1.165, 1.54) is 16.7 Å². The molecule has 0 spiro atoms. The van der Waals surface area contributed by atoms with E-state index in [4.69, 9.17) is 4.74 Å². The Morgan fingerprint density at radius 1 is 1.33 bits per heavy atom. The predicted octanol–water partition coefficient (Wildman–Crippen LogP) is 2.73. The smallest absolute Gasteiger partial charge is 0.127 e. The van der Waals surface area contributed by atoms with Crippen LogP contribution in [-0.4, -0.2) is 13.2 Å². The van der Waals surface area contributed by atoms with Crippen LogP contribution < -0.4 is 10.1 Å². The van der Waals surface area contributed by atoms with E-state index in [2.05, 4.69) is 38.2 Å². The van der Waals surface area contributed by atoms with Crippen LogP contribution in [0.3, 0.4) is 0 Å². The van der Waals surface area contributed by atoms with Crippen molar-refractivity contribution in [3.05, 3.63) is 28.8 Å². The minimum Gasteiger partial charge on any atom is -0.488 e. The van der Waals surface area contributed by atoms with Gasteiger partial charge in [-0.3, -0.25) is 0 Å². The third-order valence-corrected chi connectivity index (χ3v) is 3.40. The maximum Gasteiger partial charge on any atom is 0.127 e. The molecule has 1 aliphatic heterocycles. The molecule has 0 radical (unpaired) electrons. The van der Waals surface area contributed by atoms with Crippen molar-refractivity contribution in [1.82, 2.24) is 5.32 Å². The Morgan fingerprint density at radius 3 is 2.67 bits per heavy atom. The van der Waals surface area contributed by atoms with Crippen LogP contribution in [0.2, 0.25) is 0 Å². The number of rotatable bonds is 2. The minimum absolute atomic E-state index is 0.283. The first-order valence-electron chi connectivity index (χ1n) is 5.63. The number of fused-ring (bicyclic) bond motifs is 1. The van der Waals surface area contributed by atoms with Crippen molar-refractivity contribution in [2.24, 2.45) is 0 Å². The van der Waals surface area contributed by atoms with Gasteiger partial charge in [-0.1, -0.05) is 19.1 Å². The van der Waals surface area contributed by atoms with E-state index in [9.17, 15) is 0 Å². The number of aryl methyl sites for hydroxylation is 1. The maximum absolute atomic E-state index is 6.01. The lowest BCUT2D eigenvalue weighted by Crippen LogP contribution is -2.27. The predicted molar refractivity (Wildman–Crippen MR) is 62.4 cm³/mol. The standard InChI is InChI=1S/C13H19NO/c1-5-11-12(14-4)10-7-6-8(2)9(3)13(10)15-11/h6-7,11-12,14H,5H2,1-4H3. The number of benzene rings is 1. The summed E-state index contributed by atoms with van der Waals surface area (Å²) in [6.45, 7) is 6.44. The molecule has 0 aromatic heterocycles. The van der Waals surface area contributed by atoms with Gasteiger partial charge in [-0.05, 0) is 38.4 Å². The van der Waals surface area contributed by atoms with Gasteiger partial charge in [-0.15, -0.1) is 0 Å². The van der Waals surface area contributed by atoms with Crippen molar-refractivity contribution in [2.45, 2.75) is 39.3 Å². The first-order chi connectivity index (χ1) is 7.19. The fraction of sp³-hybridized carbons (Fsp3) is 0.538. The van der Waals surface area contributed by atoms with Crippen LogP contribution in [0.4, 0.5) is 0 Å². The molecule has 2 nitrogen and oxygen atoms in total. The molecule has 1 aliphatic rings. The molecule has 0 amide bonds. The van der Waals surface area contributed by atoms with E-state index in [0.717, 1.165) is 12.2 Å². The summed E-state index contributed by atoms with van der Waals surface area (Å²) in [6.07, 6.45) is 1.32. The fourth-order valence-electron chi connectivity index (χ4n) is 2.29. The summed E-state index contributed by atoms with van der Waals surface area (Å²) >= 11 is 0. The fourth-order valence-corrected chi connectivity index (χ4v) is 2.29. The zero-order valence-electron chi connectivity index (χ0n) is 9.92. The van der Waals surface area contributed by atoms with Gasteiger partial charge in [0.1, 0.15) is 11.9 Å². The molecule has 82 valence electrons. The quantitative estimate of drug-likeness (QED) is 0.801. The van der Waals surface area contributed by atoms with Gasteiger partial charge in [0, 0.05) is 5.56 Å². The average Bonchev–Trinajstić information content (AvgIpc) is 2.61. The topological polar surface area (TPSA) is 21.3 Å². The molecular formula is C13H19NO. The molecule has 1 heterocycles. The van der Waals surface area contributed by atoms with Gasteiger partial charge in [0.25, 0.3) is 0 Å². The maximum atomic E-state index is 6.01. The highest BCUT2D eigenvalue weighted by Crippen LogP contribution is 2.40. The van der Waals surface area contributed by atoms with Crippen molar-refractivity contribution >= 4 is 0 Å². The van der Waals surface area contributed by atoms with Crippen molar-refractivity contribution < 1.29 is 4.74 Å². The number of hydrogen-bond acceptors (Lipinski definition) is 2. The van der Waals surface area contributed by atoms with Crippen molar-refractivity contribution in [2.75, 3.05) is 7.05 Å². The van der Waals surface area contributed by atoms with E-state index in [1.807, 2.05) is 7.05 Å². The van der Waals surface area contributed by atoms with Gasteiger partial charge in [0.05, 0.1) is 6.04 Å². The summed E-state index contributed by atoms with van der Waals surface area (Å²) in [5, 5.41) is 3.34. The third-order valence-electron chi connectivity index (χ3n) is 3.40. The monoisotopic (exact) mass is 205 g/mol. The van der Waals surface area contributed by atoms with E-state index in [0.29, 0.717) is 6.04 Å². The van der Waals surface area contributed by atoms with E-state index >= 15 is 0 Å². The van der Waals surface area contributed by atoms with Crippen molar-refractivity contribution in [3.8, 4) is 5.75 Å². The average molecular weight is 205 g/mol.